The summed E-state index contributed by atoms with van der Waals surface area (Å²) in [5, 5.41) is 13.8. The highest BCUT2D eigenvalue weighted by Gasteiger charge is 2.22. The number of hydrogen-bond acceptors (Lipinski definition) is 6. The summed E-state index contributed by atoms with van der Waals surface area (Å²) in [4.78, 5) is 61.8. The Morgan fingerprint density at radius 2 is 2.00 bits per heavy atom. The minimum atomic E-state index is -1.42. The van der Waals surface area contributed by atoms with Gasteiger partial charge in [0.15, 0.2) is 5.65 Å². The summed E-state index contributed by atoms with van der Waals surface area (Å²) >= 11 is 6.28. The minimum absolute atomic E-state index is 0.0401. The number of rotatable bonds is 11. The molecule has 1 atom stereocenters. The number of anilines is 1. The van der Waals surface area contributed by atoms with Crippen molar-refractivity contribution >= 4 is 46.4 Å². The molecule has 0 spiro atoms. The second kappa shape index (κ2) is 13.2. The van der Waals surface area contributed by atoms with Crippen LogP contribution < -0.4 is 16.2 Å². The predicted octanol–water partition coefficient (Wildman–Crippen LogP) is 3.16. The Morgan fingerprint density at radius 3 is 2.65 bits per heavy atom. The summed E-state index contributed by atoms with van der Waals surface area (Å²) in [6.07, 6.45) is 3.26. The third-order valence-electron chi connectivity index (χ3n) is 5.86. The van der Waals surface area contributed by atoms with Crippen LogP contribution in [0.1, 0.15) is 38.1 Å². The first kappa shape index (κ1) is 30.3. The first-order chi connectivity index (χ1) is 18.9. The zero-order valence-electron chi connectivity index (χ0n) is 22.5. The maximum absolute atomic E-state index is 14.4. The van der Waals surface area contributed by atoms with E-state index in [1.165, 1.54) is 29.2 Å². The van der Waals surface area contributed by atoms with Crippen LogP contribution in [-0.2, 0) is 22.6 Å². The molecule has 214 valence electrons. The van der Waals surface area contributed by atoms with Gasteiger partial charge in [-0.25, -0.2) is 19.2 Å². The standard InChI is InChI=1S/C26H31ClFN7O5/c1-14(2)11-15-16(28)12-29-23-22(15)32-20(33-23)13-35-19(27)10-9-18(25(35)38)30-24(37)17(31-26(39)40)7-5-6-8-21(36)34(3)4/h6,8-10,12,14,17,31H,5,7,11,13H2,1-4H3,(H,30,37)(H,39,40)(H,29,32,33)/b8-6+/t17-/m0/s1. The van der Waals surface area contributed by atoms with Crippen molar-refractivity contribution < 1.29 is 23.9 Å². The van der Waals surface area contributed by atoms with E-state index in [1.807, 2.05) is 13.8 Å². The molecule has 3 aromatic rings. The average Bonchev–Trinajstić information content (AvgIpc) is 3.29. The van der Waals surface area contributed by atoms with Crippen LogP contribution in [0.2, 0.25) is 5.15 Å². The lowest BCUT2D eigenvalue weighted by atomic mass is 10.0. The Kier molecular flexibility index (Phi) is 9.99. The summed E-state index contributed by atoms with van der Waals surface area (Å²) in [6, 6.07) is 1.51. The van der Waals surface area contributed by atoms with Gasteiger partial charge in [-0.15, -0.1) is 0 Å². The number of imidazole rings is 1. The van der Waals surface area contributed by atoms with E-state index in [0.29, 0.717) is 29.0 Å². The lowest BCUT2D eigenvalue weighted by molar-refractivity contribution is -0.123. The molecule has 0 bridgehead atoms. The Balaban J connectivity index is 1.82. The molecule has 0 aliphatic rings. The number of carbonyl (C=O) groups is 3. The number of H-pyrrole nitrogens is 1. The fourth-order valence-corrected chi connectivity index (χ4v) is 4.09. The van der Waals surface area contributed by atoms with Crippen LogP contribution in [0.3, 0.4) is 0 Å². The molecular weight excluding hydrogens is 545 g/mol. The lowest BCUT2D eigenvalue weighted by Gasteiger charge is -2.17. The maximum Gasteiger partial charge on any atom is 0.405 e. The Hall–Kier alpha value is -4.26. The van der Waals surface area contributed by atoms with Gasteiger partial charge in [-0.05, 0) is 43.4 Å². The van der Waals surface area contributed by atoms with Crippen LogP contribution >= 0.6 is 11.6 Å². The van der Waals surface area contributed by atoms with Gasteiger partial charge in [-0.2, -0.15) is 0 Å². The number of allylic oxidation sites excluding steroid dienone is 1. The fraction of sp³-hybridized carbons (Fsp3) is 0.385. The molecule has 12 nitrogen and oxygen atoms in total. The molecule has 3 rings (SSSR count). The van der Waals surface area contributed by atoms with Gasteiger partial charge in [0.2, 0.25) is 11.8 Å². The number of carbonyl (C=O) groups excluding carboxylic acids is 2. The highest BCUT2D eigenvalue weighted by atomic mass is 35.5. The van der Waals surface area contributed by atoms with Gasteiger partial charge in [0.1, 0.15) is 28.5 Å². The SMILES string of the molecule is CC(C)Cc1c(F)cnc2nc(Cn3c(Cl)ccc(NC(=O)[C@H](CC/C=C/C(=O)N(C)C)NC(=O)O)c3=O)[nH]c12. The Morgan fingerprint density at radius 1 is 1.27 bits per heavy atom. The fourth-order valence-electron chi connectivity index (χ4n) is 3.90. The van der Waals surface area contributed by atoms with Crippen LogP contribution in [0.4, 0.5) is 14.9 Å². The van der Waals surface area contributed by atoms with Crippen LogP contribution in [0, 0.1) is 11.7 Å². The van der Waals surface area contributed by atoms with Crippen LogP contribution in [0.15, 0.2) is 35.3 Å². The molecule has 0 radical (unpaired) electrons. The smallest absolute Gasteiger partial charge is 0.405 e. The number of nitrogens with one attached hydrogen (secondary N) is 3. The summed E-state index contributed by atoms with van der Waals surface area (Å²) in [6.45, 7) is 3.80. The molecule has 0 fully saturated rings. The normalized spacial score (nSPS) is 12.2. The first-order valence-corrected chi connectivity index (χ1v) is 12.8. The molecular formula is C26H31ClFN7O5. The topological polar surface area (TPSA) is 162 Å². The molecule has 14 heteroatoms. The number of aromatic nitrogens is 4. The van der Waals surface area contributed by atoms with Gasteiger partial charge < -0.3 is 25.6 Å². The van der Waals surface area contributed by atoms with Gasteiger partial charge >= 0.3 is 6.09 Å². The number of amides is 3. The number of hydrogen-bond donors (Lipinski definition) is 4. The second-order valence-corrected chi connectivity index (χ2v) is 10.1. The number of pyridine rings is 2. The zero-order chi connectivity index (χ0) is 29.6. The maximum atomic E-state index is 14.4. The quantitative estimate of drug-likeness (QED) is 0.201. The number of fused-ring (bicyclic) bond motifs is 1. The van der Waals surface area contributed by atoms with E-state index >= 15 is 0 Å². The van der Waals surface area contributed by atoms with E-state index in [0.717, 1.165) is 10.8 Å². The average molecular weight is 576 g/mol. The third-order valence-corrected chi connectivity index (χ3v) is 6.19. The van der Waals surface area contributed by atoms with Gasteiger partial charge in [0.05, 0.1) is 18.3 Å². The molecule has 40 heavy (non-hydrogen) atoms. The second-order valence-electron chi connectivity index (χ2n) is 9.73. The van der Waals surface area contributed by atoms with Gasteiger partial charge in [0.25, 0.3) is 5.56 Å². The van der Waals surface area contributed by atoms with Crippen molar-refractivity contribution in [1.29, 1.82) is 0 Å². The van der Waals surface area contributed by atoms with Crippen LogP contribution in [-0.4, -0.2) is 67.6 Å². The van der Waals surface area contributed by atoms with E-state index in [-0.39, 0.29) is 42.1 Å². The van der Waals surface area contributed by atoms with Crippen molar-refractivity contribution in [3.05, 3.63) is 63.2 Å². The predicted molar refractivity (Wildman–Crippen MR) is 148 cm³/mol. The largest absolute Gasteiger partial charge is 0.465 e. The molecule has 0 aliphatic carbocycles. The summed E-state index contributed by atoms with van der Waals surface area (Å²) in [5.74, 6) is -0.992. The number of likely N-dealkylation sites (N-methyl/N-ethyl adjacent to an activating group) is 1. The van der Waals surface area contributed by atoms with Crippen molar-refractivity contribution in [2.24, 2.45) is 5.92 Å². The summed E-state index contributed by atoms with van der Waals surface area (Å²) in [7, 11) is 3.17. The van der Waals surface area contributed by atoms with Crippen molar-refractivity contribution in [3.63, 3.8) is 0 Å². The number of nitrogens with zero attached hydrogens (tertiary/aromatic N) is 4. The number of halogens is 2. The zero-order valence-corrected chi connectivity index (χ0v) is 23.3. The highest BCUT2D eigenvalue weighted by molar-refractivity contribution is 6.29. The Bertz CT molecular complexity index is 1500. The van der Waals surface area contributed by atoms with E-state index in [4.69, 9.17) is 16.7 Å². The van der Waals surface area contributed by atoms with Gasteiger partial charge in [0, 0.05) is 19.7 Å². The molecule has 3 heterocycles. The molecule has 0 unspecified atom stereocenters. The monoisotopic (exact) mass is 575 g/mol. The van der Waals surface area contributed by atoms with Gasteiger partial charge in [-0.3, -0.25) is 19.0 Å². The van der Waals surface area contributed by atoms with Gasteiger partial charge in [-0.1, -0.05) is 31.5 Å². The van der Waals surface area contributed by atoms with Crippen molar-refractivity contribution in [2.45, 2.75) is 45.7 Å². The Labute approximate surface area is 234 Å². The highest BCUT2D eigenvalue weighted by Crippen LogP contribution is 2.22. The number of aromatic amines is 1. The van der Waals surface area contributed by atoms with E-state index < -0.39 is 29.4 Å². The van der Waals surface area contributed by atoms with E-state index in [2.05, 4.69) is 25.6 Å². The van der Waals surface area contributed by atoms with Crippen molar-refractivity contribution in [3.8, 4) is 0 Å². The van der Waals surface area contributed by atoms with Crippen molar-refractivity contribution in [2.75, 3.05) is 19.4 Å². The number of carboxylic acid groups (broad SMARTS) is 1. The molecule has 0 aliphatic heterocycles. The summed E-state index contributed by atoms with van der Waals surface area (Å²) < 4.78 is 15.6. The first-order valence-electron chi connectivity index (χ1n) is 12.5. The molecule has 0 aromatic carbocycles. The third kappa shape index (κ3) is 7.65. The van der Waals surface area contributed by atoms with Crippen LogP contribution in [0.5, 0.6) is 0 Å². The molecule has 3 amide bonds. The molecule has 3 aromatic heterocycles. The van der Waals surface area contributed by atoms with E-state index in [9.17, 15) is 23.6 Å². The molecule has 0 saturated heterocycles. The van der Waals surface area contributed by atoms with Crippen molar-refractivity contribution in [1.82, 2.24) is 29.7 Å². The molecule has 4 N–H and O–H groups in total. The van der Waals surface area contributed by atoms with Crippen LogP contribution in [0.25, 0.3) is 11.2 Å². The minimum Gasteiger partial charge on any atom is -0.465 e. The summed E-state index contributed by atoms with van der Waals surface area (Å²) in [5.41, 5.74) is 0.376. The lowest BCUT2D eigenvalue weighted by Crippen LogP contribution is -2.44. The van der Waals surface area contributed by atoms with E-state index in [1.54, 1.807) is 14.1 Å². The molecule has 0 saturated carbocycles.